The monoisotopic (exact) mass is 282 g/mol. The molecule has 1 aromatic rings. The van der Waals surface area contributed by atoms with Crippen molar-refractivity contribution in [2.24, 2.45) is 5.92 Å². The molecule has 0 aliphatic heterocycles. The molecule has 0 aromatic carbocycles. The Hall–Kier alpha value is -1.07. The van der Waals surface area contributed by atoms with E-state index in [4.69, 9.17) is 0 Å². The van der Waals surface area contributed by atoms with E-state index in [1.165, 1.54) is 11.8 Å². The molecule has 2 N–H and O–H groups in total. The summed E-state index contributed by atoms with van der Waals surface area (Å²) in [6.45, 7) is 4.39. The quantitative estimate of drug-likeness (QED) is 0.754. The SMILES string of the molecule is CCC(CC)C(O)CNC(=O)c1ccnc(SC)c1. The van der Waals surface area contributed by atoms with Crippen LogP contribution in [0.25, 0.3) is 0 Å². The molecule has 0 saturated carbocycles. The van der Waals surface area contributed by atoms with Gasteiger partial charge in [0.25, 0.3) is 5.91 Å². The molecule has 1 atom stereocenters. The van der Waals surface area contributed by atoms with Gasteiger partial charge in [-0.2, -0.15) is 0 Å². The van der Waals surface area contributed by atoms with E-state index in [9.17, 15) is 9.90 Å². The fourth-order valence-electron chi connectivity index (χ4n) is 1.96. The Morgan fingerprint density at radius 1 is 1.47 bits per heavy atom. The van der Waals surface area contributed by atoms with Gasteiger partial charge in [-0.15, -0.1) is 11.8 Å². The first kappa shape index (κ1) is 16.0. The van der Waals surface area contributed by atoms with E-state index in [0.717, 1.165) is 17.9 Å². The Morgan fingerprint density at radius 2 is 2.16 bits per heavy atom. The van der Waals surface area contributed by atoms with E-state index in [1.807, 2.05) is 20.1 Å². The van der Waals surface area contributed by atoms with Crippen LogP contribution in [-0.4, -0.2) is 34.9 Å². The summed E-state index contributed by atoms with van der Waals surface area (Å²) in [6, 6.07) is 3.43. The second kappa shape index (κ2) is 8.17. The van der Waals surface area contributed by atoms with E-state index < -0.39 is 6.10 Å². The molecule has 0 radical (unpaired) electrons. The fourth-order valence-corrected chi connectivity index (χ4v) is 2.37. The lowest BCUT2D eigenvalue weighted by molar-refractivity contribution is 0.0816. The van der Waals surface area contributed by atoms with Crippen LogP contribution in [0.3, 0.4) is 0 Å². The molecule has 106 valence electrons. The molecular formula is C14H22N2O2S. The van der Waals surface area contributed by atoms with E-state index in [-0.39, 0.29) is 11.8 Å². The van der Waals surface area contributed by atoms with E-state index in [0.29, 0.717) is 12.1 Å². The van der Waals surface area contributed by atoms with Crippen molar-refractivity contribution in [3.8, 4) is 0 Å². The normalized spacial score (nSPS) is 12.5. The molecule has 4 nitrogen and oxygen atoms in total. The van der Waals surface area contributed by atoms with Gasteiger partial charge in [-0.1, -0.05) is 26.7 Å². The number of rotatable bonds is 7. The molecule has 1 amide bonds. The number of nitrogens with zero attached hydrogens (tertiary/aromatic N) is 1. The smallest absolute Gasteiger partial charge is 0.251 e. The molecule has 19 heavy (non-hydrogen) atoms. The highest BCUT2D eigenvalue weighted by molar-refractivity contribution is 7.98. The van der Waals surface area contributed by atoms with Gasteiger partial charge in [0, 0.05) is 18.3 Å². The van der Waals surface area contributed by atoms with Crippen molar-refractivity contribution in [3.05, 3.63) is 23.9 Å². The zero-order valence-corrected chi connectivity index (χ0v) is 12.5. The van der Waals surface area contributed by atoms with Crippen LogP contribution in [0.2, 0.25) is 0 Å². The van der Waals surface area contributed by atoms with Crippen molar-refractivity contribution >= 4 is 17.7 Å². The minimum atomic E-state index is -0.485. The first-order valence-corrected chi connectivity index (χ1v) is 7.81. The summed E-state index contributed by atoms with van der Waals surface area (Å²) in [4.78, 5) is 16.1. The molecule has 0 fully saturated rings. The van der Waals surface area contributed by atoms with Crippen LogP contribution >= 0.6 is 11.8 Å². The lowest BCUT2D eigenvalue weighted by Crippen LogP contribution is -2.36. The molecule has 1 heterocycles. The molecule has 1 rings (SSSR count). The van der Waals surface area contributed by atoms with Crippen molar-refractivity contribution in [3.63, 3.8) is 0 Å². The largest absolute Gasteiger partial charge is 0.391 e. The number of nitrogens with one attached hydrogen (secondary N) is 1. The maximum Gasteiger partial charge on any atom is 0.251 e. The van der Waals surface area contributed by atoms with Gasteiger partial charge in [0.2, 0.25) is 0 Å². The Labute approximate surface area is 119 Å². The van der Waals surface area contributed by atoms with Crippen molar-refractivity contribution < 1.29 is 9.90 Å². The van der Waals surface area contributed by atoms with Crippen molar-refractivity contribution in [1.29, 1.82) is 0 Å². The molecule has 0 aliphatic rings. The second-order valence-corrected chi connectivity index (χ2v) is 5.27. The number of hydrogen-bond donors (Lipinski definition) is 2. The maximum absolute atomic E-state index is 12.0. The molecule has 0 saturated heterocycles. The third-order valence-corrected chi connectivity index (χ3v) is 3.91. The van der Waals surface area contributed by atoms with Gasteiger partial charge in [-0.25, -0.2) is 4.98 Å². The van der Waals surface area contributed by atoms with Crippen LogP contribution in [-0.2, 0) is 0 Å². The number of thioether (sulfide) groups is 1. The molecular weight excluding hydrogens is 260 g/mol. The van der Waals surface area contributed by atoms with Crippen LogP contribution in [0.15, 0.2) is 23.4 Å². The zero-order valence-electron chi connectivity index (χ0n) is 11.7. The summed E-state index contributed by atoms with van der Waals surface area (Å²) in [5.74, 6) is 0.0715. The van der Waals surface area contributed by atoms with E-state index >= 15 is 0 Å². The number of aromatic nitrogens is 1. The molecule has 1 aromatic heterocycles. The highest BCUT2D eigenvalue weighted by Gasteiger charge is 2.16. The minimum Gasteiger partial charge on any atom is -0.391 e. The Kier molecular flexibility index (Phi) is 6.87. The van der Waals surface area contributed by atoms with E-state index in [1.54, 1.807) is 18.3 Å². The first-order chi connectivity index (χ1) is 9.12. The average molecular weight is 282 g/mol. The van der Waals surface area contributed by atoms with Gasteiger partial charge >= 0.3 is 0 Å². The van der Waals surface area contributed by atoms with Gasteiger partial charge in [-0.05, 0) is 24.3 Å². The van der Waals surface area contributed by atoms with Crippen LogP contribution in [0.4, 0.5) is 0 Å². The predicted octanol–water partition coefficient (Wildman–Crippen LogP) is 2.33. The fraction of sp³-hybridized carbons (Fsp3) is 0.571. The average Bonchev–Trinajstić information content (AvgIpc) is 2.46. The number of carbonyl (C=O) groups excluding carboxylic acids is 1. The highest BCUT2D eigenvalue weighted by Crippen LogP contribution is 2.14. The van der Waals surface area contributed by atoms with Gasteiger partial charge in [0.15, 0.2) is 0 Å². The number of hydrogen-bond acceptors (Lipinski definition) is 4. The summed E-state index contributed by atoms with van der Waals surface area (Å²) in [5, 5.41) is 13.6. The number of aliphatic hydroxyl groups excluding tert-OH is 1. The molecule has 0 aliphatic carbocycles. The van der Waals surface area contributed by atoms with Crippen molar-refractivity contribution in [2.75, 3.05) is 12.8 Å². The van der Waals surface area contributed by atoms with Gasteiger partial charge < -0.3 is 10.4 Å². The second-order valence-electron chi connectivity index (χ2n) is 4.44. The Morgan fingerprint density at radius 3 is 2.74 bits per heavy atom. The van der Waals surface area contributed by atoms with Crippen LogP contribution < -0.4 is 5.32 Å². The van der Waals surface area contributed by atoms with E-state index in [2.05, 4.69) is 10.3 Å². The summed E-state index contributed by atoms with van der Waals surface area (Å²) in [5.41, 5.74) is 0.580. The third-order valence-electron chi connectivity index (χ3n) is 3.27. The van der Waals surface area contributed by atoms with Gasteiger partial charge in [-0.3, -0.25) is 4.79 Å². The summed E-state index contributed by atoms with van der Waals surface area (Å²) in [6.07, 6.45) is 4.89. The number of aliphatic hydroxyl groups is 1. The first-order valence-electron chi connectivity index (χ1n) is 6.58. The lowest BCUT2D eigenvalue weighted by atomic mass is 9.96. The number of carbonyl (C=O) groups is 1. The Balaban J connectivity index is 2.55. The minimum absolute atomic E-state index is 0.164. The topological polar surface area (TPSA) is 62.2 Å². The lowest BCUT2D eigenvalue weighted by Gasteiger charge is -2.20. The highest BCUT2D eigenvalue weighted by atomic mass is 32.2. The van der Waals surface area contributed by atoms with Gasteiger partial charge in [0.1, 0.15) is 0 Å². The predicted molar refractivity (Wildman–Crippen MR) is 78.4 cm³/mol. The molecule has 1 unspecified atom stereocenters. The van der Waals surface area contributed by atoms with Crippen LogP contribution in [0.1, 0.15) is 37.0 Å². The standard InChI is InChI=1S/C14H22N2O2S/c1-4-10(5-2)12(17)9-16-14(18)11-6-7-15-13(8-11)19-3/h6-8,10,12,17H,4-5,9H2,1-3H3,(H,16,18). The van der Waals surface area contributed by atoms with Crippen molar-refractivity contribution in [2.45, 2.75) is 37.8 Å². The third kappa shape index (κ3) is 4.84. The van der Waals surface area contributed by atoms with Crippen LogP contribution in [0.5, 0.6) is 0 Å². The number of amides is 1. The number of pyridine rings is 1. The summed E-state index contributed by atoms with van der Waals surface area (Å²) >= 11 is 1.50. The van der Waals surface area contributed by atoms with Crippen LogP contribution in [0, 0.1) is 5.92 Å². The Bertz CT molecular complexity index is 408. The maximum atomic E-state index is 12.0. The molecule has 5 heteroatoms. The summed E-state index contributed by atoms with van der Waals surface area (Å²) < 4.78 is 0. The molecule has 0 spiro atoms. The summed E-state index contributed by atoms with van der Waals surface area (Å²) in [7, 11) is 0. The van der Waals surface area contributed by atoms with Crippen molar-refractivity contribution in [1.82, 2.24) is 10.3 Å². The molecule has 0 bridgehead atoms. The zero-order chi connectivity index (χ0) is 14.3. The van der Waals surface area contributed by atoms with Gasteiger partial charge in [0.05, 0.1) is 11.1 Å².